The Morgan fingerprint density at radius 3 is 2.67 bits per heavy atom. The lowest BCUT2D eigenvalue weighted by Gasteiger charge is -2.09. The van der Waals surface area contributed by atoms with Crippen molar-refractivity contribution in [3.8, 4) is 0 Å². The molecule has 1 aliphatic rings. The Labute approximate surface area is 81.0 Å². The zero-order valence-electron chi connectivity index (χ0n) is 8.52. The quantitative estimate of drug-likeness (QED) is 0.729. The van der Waals surface area contributed by atoms with E-state index in [2.05, 4.69) is 23.7 Å². The smallest absolute Gasteiger partial charge is 0.0180 e. The summed E-state index contributed by atoms with van der Waals surface area (Å²) in [5.74, 6) is 3.57. The molecule has 0 aliphatic carbocycles. The molecule has 1 rings (SSSR count). The molecule has 1 nitrogen and oxygen atoms in total. The van der Waals surface area contributed by atoms with E-state index in [1.54, 1.807) is 0 Å². The summed E-state index contributed by atoms with van der Waals surface area (Å²) in [6, 6.07) is 0. The minimum atomic E-state index is 0.890. The maximum Gasteiger partial charge on any atom is 0.0180 e. The molecule has 0 spiro atoms. The largest absolute Gasteiger partial charge is 0.389 e. The van der Waals surface area contributed by atoms with Gasteiger partial charge in [-0.1, -0.05) is 20.4 Å². The molecule has 12 heavy (non-hydrogen) atoms. The summed E-state index contributed by atoms with van der Waals surface area (Å²) < 4.78 is 0. The maximum absolute atomic E-state index is 3.80. The van der Waals surface area contributed by atoms with E-state index in [1.165, 1.54) is 17.9 Å². The van der Waals surface area contributed by atoms with Gasteiger partial charge in [-0.25, -0.2) is 0 Å². The van der Waals surface area contributed by atoms with Gasteiger partial charge >= 0.3 is 0 Å². The second-order valence-corrected chi connectivity index (χ2v) is 4.04. The van der Waals surface area contributed by atoms with E-state index in [4.69, 9.17) is 0 Å². The Morgan fingerprint density at radius 1 is 1.58 bits per heavy atom. The van der Waals surface area contributed by atoms with Gasteiger partial charge in [0.05, 0.1) is 0 Å². The van der Waals surface area contributed by atoms with E-state index in [0.29, 0.717) is 0 Å². The molecular formula is C10H21NS. The Balaban J connectivity index is 0.000000561. The highest BCUT2D eigenvalue weighted by atomic mass is 32.2. The van der Waals surface area contributed by atoms with E-state index in [-0.39, 0.29) is 0 Å². The summed E-state index contributed by atoms with van der Waals surface area (Å²) in [5, 5.41) is 3.28. The molecule has 1 heterocycles. The fourth-order valence-electron chi connectivity index (χ4n) is 1.06. The van der Waals surface area contributed by atoms with E-state index >= 15 is 0 Å². The monoisotopic (exact) mass is 187 g/mol. The van der Waals surface area contributed by atoms with Crippen molar-refractivity contribution in [2.45, 2.75) is 27.2 Å². The molecule has 0 amide bonds. The summed E-state index contributed by atoms with van der Waals surface area (Å²) in [6.45, 7) is 10.9. The molecular weight excluding hydrogens is 166 g/mol. The van der Waals surface area contributed by atoms with Gasteiger partial charge in [0.25, 0.3) is 0 Å². The first kappa shape index (κ1) is 11.9. The second kappa shape index (κ2) is 7.53. The van der Waals surface area contributed by atoms with Crippen LogP contribution in [-0.2, 0) is 0 Å². The zero-order chi connectivity index (χ0) is 9.40. The summed E-state index contributed by atoms with van der Waals surface area (Å²) in [6.07, 6.45) is 1.38. The summed E-state index contributed by atoms with van der Waals surface area (Å²) in [4.78, 5) is 0. The fraction of sp³-hybridized carbons (Fsp3) is 0.800. The third-order valence-electron chi connectivity index (χ3n) is 1.72. The van der Waals surface area contributed by atoms with Gasteiger partial charge in [0.15, 0.2) is 0 Å². The molecule has 0 saturated carbocycles. The van der Waals surface area contributed by atoms with Crippen LogP contribution in [0.3, 0.4) is 0 Å². The van der Waals surface area contributed by atoms with Gasteiger partial charge in [-0.2, -0.15) is 11.8 Å². The second-order valence-electron chi connectivity index (χ2n) is 2.89. The summed E-state index contributed by atoms with van der Waals surface area (Å²) >= 11 is 2.06. The van der Waals surface area contributed by atoms with Gasteiger partial charge in [0.1, 0.15) is 0 Å². The Bertz CT molecular complexity index is 117. The molecule has 0 radical (unpaired) electrons. The number of allylic oxidation sites excluding steroid dienone is 1. The van der Waals surface area contributed by atoms with Gasteiger partial charge in [-0.05, 0) is 30.8 Å². The van der Waals surface area contributed by atoms with Crippen molar-refractivity contribution in [3.05, 3.63) is 12.3 Å². The Kier molecular flexibility index (Phi) is 7.47. The molecule has 1 saturated heterocycles. The van der Waals surface area contributed by atoms with E-state index < -0.39 is 0 Å². The van der Waals surface area contributed by atoms with Gasteiger partial charge in [0, 0.05) is 12.2 Å². The Hall–Kier alpha value is -0.110. The van der Waals surface area contributed by atoms with Crippen LogP contribution >= 0.6 is 11.8 Å². The third-order valence-corrected chi connectivity index (χ3v) is 2.95. The summed E-state index contributed by atoms with van der Waals surface area (Å²) in [5.41, 5.74) is 1.09. The number of thioether (sulfide) groups is 1. The predicted molar refractivity (Wildman–Crippen MR) is 59.6 cm³/mol. The van der Waals surface area contributed by atoms with E-state index in [0.717, 1.165) is 18.2 Å². The summed E-state index contributed by atoms with van der Waals surface area (Å²) in [7, 11) is 0. The van der Waals surface area contributed by atoms with Gasteiger partial charge in [-0.3, -0.25) is 0 Å². The van der Waals surface area contributed by atoms with Crippen molar-refractivity contribution in [1.82, 2.24) is 5.32 Å². The van der Waals surface area contributed by atoms with Crippen molar-refractivity contribution in [2.75, 3.05) is 18.1 Å². The zero-order valence-corrected chi connectivity index (χ0v) is 9.34. The molecule has 0 aromatic rings. The predicted octanol–water partition coefficient (Wildman–Crippen LogP) is 2.89. The van der Waals surface area contributed by atoms with Crippen LogP contribution in [0.4, 0.5) is 0 Å². The average molecular weight is 187 g/mol. The van der Waals surface area contributed by atoms with Crippen LogP contribution < -0.4 is 5.32 Å². The van der Waals surface area contributed by atoms with Crippen LogP contribution in [-0.4, -0.2) is 18.1 Å². The van der Waals surface area contributed by atoms with Gasteiger partial charge < -0.3 is 5.32 Å². The first-order valence-corrected chi connectivity index (χ1v) is 5.91. The number of rotatable bonds is 3. The van der Waals surface area contributed by atoms with Crippen LogP contribution in [0, 0.1) is 5.92 Å². The molecule has 72 valence electrons. The van der Waals surface area contributed by atoms with Crippen molar-refractivity contribution in [3.63, 3.8) is 0 Å². The molecule has 1 N–H and O–H groups in total. The molecule has 1 fully saturated rings. The van der Waals surface area contributed by atoms with E-state index in [1.807, 2.05) is 20.8 Å². The fourth-order valence-corrected chi connectivity index (χ4v) is 2.35. The number of hydrogen-bond donors (Lipinski definition) is 1. The SMILES string of the molecule is C=C(C)NCC1CCSC1.CC. The standard InChI is InChI=1S/C8H15NS.C2H6/c1-7(2)9-5-8-3-4-10-6-8;1-2/h8-9H,1,3-6H2,2H3;1-2H3. The first-order valence-electron chi connectivity index (χ1n) is 4.76. The molecule has 1 atom stereocenters. The normalized spacial score (nSPS) is 21.1. The third kappa shape index (κ3) is 5.53. The number of hydrogen-bond acceptors (Lipinski definition) is 2. The van der Waals surface area contributed by atoms with E-state index in [9.17, 15) is 0 Å². The lowest BCUT2D eigenvalue weighted by atomic mass is 10.1. The maximum atomic E-state index is 3.80. The van der Waals surface area contributed by atoms with Gasteiger partial charge in [-0.15, -0.1) is 0 Å². The van der Waals surface area contributed by atoms with Crippen molar-refractivity contribution in [2.24, 2.45) is 5.92 Å². The lowest BCUT2D eigenvalue weighted by molar-refractivity contribution is 0.559. The Morgan fingerprint density at radius 2 is 2.25 bits per heavy atom. The number of nitrogens with one attached hydrogen (secondary N) is 1. The van der Waals surface area contributed by atoms with Gasteiger partial charge in [0.2, 0.25) is 0 Å². The molecule has 1 aliphatic heterocycles. The average Bonchev–Trinajstić information content (AvgIpc) is 2.56. The van der Waals surface area contributed by atoms with Crippen LogP contribution in [0.5, 0.6) is 0 Å². The van der Waals surface area contributed by atoms with Crippen LogP contribution in [0.2, 0.25) is 0 Å². The topological polar surface area (TPSA) is 12.0 Å². The highest BCUT2D eigenvalue weighted by molar-refractivity contribution is 7.99. The minimum Gasteiger partial charge on any atom is -0.389 e. The van der Waals surface area contributed by atoms with Crippen molar-refractivity contribution >= 4 is 11.8 Å². The molecule has 0 aromatic heterocycles. The lowest BCUT2D eigenvalue weighted by Crippen LogP contribution is -2.20. The minimum absolute atomic E-state index is 0.890. The van der Waals surface area contributed by atoms with Crippen LogP contribution in [0.25, 0.3) is 0 Å². The van der Waals surface area contributed by atoms with Crippen molar-refractivity contribution in [1.29, 1.82) is 0 Å². The van der Waals surface area contributed by atoms with Crippen LogP contribution in [0.1, 0.15) is 27.2 Å². The first-order chi connectivity index (χ1) is 5.79. The molecule has 0 bridgehead atoms. The molecule has 1 unspecified atom stereocenters. The van der Waals surface area contributed by atoms with Crippen molar-refractivity contribution < 1.29 is 0 Å². The highest BCUT2D eigenvalue weighted by Gasteiger charge is 2.14. The molecule has 0 aromatic carbocycles. The van der Waals surface area contributed by atoms with Crippen LogP contribution in [0.15, 0.2) is 12.3 Å². The molecule has 2 heteroatoms. The highest BCUT2D eigenvalue weighted by Crippen LogP contribution is 2.22.